The predicted octanol–water partition coefficient (Wildman–Crippen LogP) is 7.50. The molecule has 1 atom stereocenters. The Hall–Kier alpha value is -1.98. The monoisotopic (exact) mass is 366 g/mol. The Labute approximate surface area is 145 Å². The molecule has 142 valence electrons. The minimum Gasteiger partial charge on any atom is -0.167 e. The first-order valence-electron chi connectivity index (χ1n) is 7.58. The molecular weight excluding hydrogens is 342 g/mol. The average molecular weight is 366 g/mol. The molecule has 0 aromatic heterocycles. The Morgan fingerprint density at radius 3 is 1.88 bits per heavy atom. The molecule has 0 saturated heterocycles. The third-order valence-corrected chi connectivity index (χ3v) is 2.85. The summed E-state index contributed by atoms with van der Waals surface area (Å²) < 4.78 is 75.3. The van der Waals surface area contributed by atoms with Gasteiger partial charge in [0.1, 0.15) is 0 Å². The molecule has 0 spiro atoms. The van der Waals surface area contributed by atoms with Crippen LogP contribution in [0.5, 0.6) is 0 Å². The van der Waals surface area contributed by atoms with E-state index in [0.717, 1.165) is 19.1 Å². The van der Waals surface area contributed by atoms with Gasteiger partial charge in [-0.05, 0) is 19.4 Å². The molecule has 0 amide bonds. The van der Waals surface area contributed by atoms with Crippen molar-refractivity contribution in [1.82, 2.24) is 0 Å². The van der Waals surface area contributed by atoms with Crippen molar-refractivity contribution in [1.29, 1.82) is 0 Å². The molecule has 0 aromatic rings. The minimum absolute atomic E-state index is 0.331. The molecule has 0 radical (unpaired) electrons. The number of rotatable bonds is 6. The van der Waals surface area contributed by atoms with Crippen LogP contribution in [0.25, 0.3) is 0 Å². The van der Waals surface area contributed by atoms with Crippen LogP contribution in [-0.2, 0) is 0 Å². The molecule has 1 unspecified atom stereocenters. The Bertz CT molecular complexity index is 539. The van der Waals surface area contributed by atoms with E-state index in [1.807, 2.05) is 13.8 Å². The summed E-state index contributed by atoms with van der Waals surface area (Å²) >= 11 is 0. The lowest BCUT2D eigenvalue weighted by molar-refractivity contribution is -0.0919. The fraction of sp³-hybridized carbons (Fsp3) is 0.368. The zero-order valence-corrected chi connectivity index (χ0v) is 14.8. The lowest BCUT2D eigenvalue weighted by atomic mass is 9.94. The van der Waals surface area contributed by atoms with Gasteiger partial charge in [0, 0.05) is 17.1 Å². The zero-order chi connectivity index (χ0) is 20.3. The van der Waals surface area contributed by atoms with Crippen LogP contribution < -0.4 is 0 Å². The maximum Gasteiger partial charge on any atom is 0.415 e. The Morgan fingerprint density at radius 2 is 1.52 bits per heavy atom. The quantitative estimate of drug-likeness (QED) is 0.259. The van der Waals surface area contributed by atoms with Crippen molar-refractivity contribution in [3.8, 4) is 0 Å². The Balaban J connectivity index is 0. The van der Waals surface area contributed by atoms with Gasteiger partial charge >= 0.3 is 12.4 Å². The molecular formula is C19H24F6. The third-order valence-electron chi connectivity index (χ3n) is 2.85. The van der Waals surface area contributed by atoms with E-state index in [0.29, 0.717) is 11.6 Å². The van der Waals surface area contributed by atoms with E-state index in [1.54, 1.807) is 19.1 Å². The van der Waals surface area contributed by atoms with Gasteiger partial charge in [-0.25, -0.2) is 0 Å². The maximum absolute atomic E-state index is 12.7. The number of alkyl halides is 6. The van der Waals surface area contributed by atoms with Gasteiger partial charge in [0.2, 0.25) is 0 Å². The summed E-state index contributed by atoms with van der Waals surface area (Å²) in [5.74, 6) is -1.01. The summed E-state index contributed by atoms with van der Waals surface area (Å²) in [6.45, 7) is 12.9. The minimum atomic E-state index is -4.63. The second-order valence-electron chi connectivity index (χ2n) is 4.65. The van der Waals surface area contributed by atoms with Crippen molar-refractivity contribution in [2.75, 3.05) is 0 Å². The topological polar surface area (TPSA) is 0 Å². The van der Waals surface area contributed by atoms with Crippen molar-refractivity contribution in [3.05, 3.63) is 72.4 Å². The lowest BCUT2D eigenvalue weighted by Gasteiger charge is -2.14. The van der Waals surface area contributed by atoms with Crippen LogP contribution >= 0.6 is 0 Å². The first kappa shape index (κ1) is 25.3. The number of halogens is 6. The van der Waals surface area contributed by atoms with E-state index in [4.69, 9.17) is 0 Å². The molecule has 25 heavy (non-hydrogen) atoms. The summed E-state index contributed by atoms with van der Waals surface area (Å²) in [6, 6.07) is 0. The van der Waals surface area contributed by atoms with E-state index in [9.17, 15) is 26.3 Å². The Kier molecular flexibility index (Phi) is 11.7. The van der Waals surface area contributed by atoms with E-state index >= 15 is 0 Å². The van der Waals surface area contributed by atoms with Gasteiger partial charge in [-0.2, -0.15) is 26.3 Å². The van der Waals surface area contributed by atoms with Crippen molar-refractivity contribution in [3.63, 3.8) is 0 Å². The smallest absolute Gasteiger partial charge is 0.167 e. The molecule has 0 saturated carbocycles. The summed E-state index contributed by atoms with van der Waals surface area (Å²) in [7, 11) is 0. The largest absolute Gasteiger partial charge is 0.415 e. The highest BCUT2D eigenvalue weighted by atomic mass is 19.4. The van der Waals surface area contributed by atoms with Gasteiger partial charge in [-0.1, -0.05) is 69.5 Å². The summed E-state index contributed by atoms with van der Waals surface area (Å²) in [6.07, 6.45) is -0.682. The van der Waals surface area contributed by atoms with Gasteiger partial charge in [-0.3, -0.25) is 0 Å². The predicted molar refractivity (Wildman–Crippen MR) is 92.1 cm³/mol. The highest BCUT2D eigenvalue weighted by molar-refractivity contribution is 5.35. The molecule has 0 rings (SSSR count). The van der Waals surface area contributed by atoms with Crippen LogP contribution in [0.4, 0.5) is 26.3 Å². The highest BCUT2D eigenvalue weighted by Crippen LogP contribution is 2.30. The number of allylic oxidation sites excluding steroid dienone is 10. The van der Waals surface area contributed by atoms with Crippen LogP contribution in [0, 0.1) is 5.92 Å². The van der Waals surface area contributed by atoms with Gasteiger partial charge < -0.3 is 0 Å². The van der Waals surface area contributed by atoms with Crippen LogP contribution in [0.2, 0.25) is 0 Å². The summed E-state index contributed by atoms with van der Waals surface area (Å²) in [4.78, 5) is 0. The molecule has 0 heterocycles. The molecule has 0 aliphatic heterocycles. The third kappa shape index (κ3) is 10.5. The maximum atomic E-state index is 12.7. The van der Waals surface area contributed by atoms with Crippen molar-refractivity contribution in [2.45, 2.75) is 40.0 Å². The standard InChI is InChI=1S/C17H18F6.C2H6/c1-5-7-8-14(6-2)15(11-13(4)17(21,22)23)10-9-12(3)16(18,19)20;1-2/h5-11,15H,2-3H2,1,4H3;1-2H3/b7-5+,10-9?,13-11+,14-8+;. The summed E-state index contributed by atoms with van der Waals surface area (Å²) in [5, 5.41) is 0. The van der Waals surface area contributed by atoms with Crippen molar-refractivity contribution in [2.24, 2.45) is 5.92 Å². The van der Waals surface area contributed by atoms with Crippen LogP contribution in [0.3, 0.4) is 0 Å². The van der Waals surface area contributed by atoms with E-state index < -0.39 is 29.4 Å². The second-order valence-corrected chi connectivity index (χ2v) is 4.65. The molecule has 6 heteroatoms. The average Bonchev–Trinajstić information content (AvgIpc) is 2.52. The molecule has 0 aromatic carbocycles. The van der Waals surface area contributed by atoms with E-state index in [2.05, 4.69) is 13.2 Å². The van der Waals surface area contributed by atoms with E-state index in [1.165, 1.54) is 12.2 Å². The zero-order valence-electron chi connectivity index (χ0n) is 14.8. The molecule has 0 N–H and O–H groups in total. The summed E-state index contributed by atoms with van der Waals surface area (Å²) in [5.41, 5.74) is -1.72. The first-order valence-corrected chi connectivity index (χ1v) is 7.58. The highest BCUT2D eigenvalue weighted by Gasteiger charge is 2.31. The normalized spacial score (nSPS) is 15.1. The molecule has 0 fully saturated rings. The second kappa shape index (κ2) is 11.6. The lowest BCUT2D eigenvalue weighted by Crippen LogP contribution is -2.12. The van der Waals surface area contributed by atoms with Crippen molar-refractivity contribution >= 4 is 0 Å². The SMILES string of the molecule is C=C/C(=C\C=C\C)C(C=CC(=C)C(F)(F)F)/C=C(\C)C(F)(F)F.CC. The Morgan fingerprint density at radius 1 is 1.00 bits per heavy atom. The van der Waals surface area contributed by atoms with E-state index in [-0.39, 0.29) is 0 Å². The van der Waals surface area contributed by atoms with Gasteiger partial charge in [-0.15, -0.1) is 0 Å². The van der Waals surface area contributed by atoms with Crippen molar-refractivity contribution < 1.29 is 26.3 Å². The molecule has 0 bridgehead atoms. The van der Waals surface area contributed by atoms with Gasteiger partial charge in [0.25, 0.3) is 0 Å². The van der Waals surface area contributed by atoms with Crippen LogP contribution in [0.1, 0.15) is 27.7 Å². The first-order chi connectivity index (χ1) is 11.4. The molecule has 0 aliphatic rings. The molecule has 0 nitrogen and oxygen atoms in total. The number of hydrogen-bond acceptors (Lipinski definition) is 0. The fourth-order valence-corrected chi connectivity index (χ4v) is 1.46. The number of hydrogen-bond donors (Lipinski definition) is 0. The fourth-order valence-electron chi connectivity index (χ4n) is 1.46. The molecule has 0 aliphatic carbocycles. The van der Waals surface area contributed by atoms with Crippen LogP contribution in [-0.4, -0.2) is 12.4 Å². The van der Waals surface area contributed by atoms with Gasteiger partial charge in [0.15, 0.2) is 0 Å². The van der Waals surface area contributed by atoms with Crippen LogP contribution in [0.15, 0.2) is 72.4 Å². The van der Waals surface area contributed by atoms with Gasteiger partial charge in [0.05, 0.1) is 0 Å².